The van der Waals surface area contributed by atoms with Crippen molar-refractivity contribution in [1.29, 1.82) is 0 Å². The van der Waals surface area contributed by atoms with Gasteiger partial charge < -0.3 is 14.6 Å². The van der Waals surface area contributed by atoms with Crippen molar-refractivity contribution < 1.29 is 4.74 Å². The number of hydrazone groups is 1. The molecule has 0 radical (unpaired) electrons. The lowest BCUT2D eigenvalue weighted by Crippen LogP contribution is -2.34. The molecule has 0 amide bonds. The molecule has 2 aromatic heterocycles. The smallest absolute Gasteiger partial charge is 0.187 e. The van der Waals surface area contributed by atoms with E-state index in [2.05, 4.69) is 59.3 Å². The number of aromatic nitrogens is 3. The first kappa shape index (κ1) is 19.1. The molecule has 0 atom stereocenters. The Morgan fingerprint density at radius 3 is 2.88 bits per heavy atom. The van der Waals surface area contributed by atoms with Crippen molar-refractivity contribution in [3.63, 3.8) is 0 Å². The summed E-state index contributed by atoms with van der Waals surface area (Å²) in [5.74, 6) is 1.05. The van der Waals surface area contributed by atoms with E-state index < -0.39 is 0 Å². The van der Waals surface area contributed by atoms with Crippen LogP contribution in [0.2, 0.25) is 0 Å². The molecule has 2 heterocycles. The van der Waals surface area contributed by atoms with Crippen molar-refractivity contribution in [2.75, 3.05) is 20.3 Å². The fourth-order valence-electron chi connectivity index (χ4n) is 2.62. The van der Waals surface area contributed by atoms with E-state index in [4.69, 9.17) is 17.0 Å². The molecule has 0 aromatic carbocycles. The van der Waals surface area contributed by atoms with E-state index in [9.17, 15) is 0 Å². The van der Waals surface area contributed by atoms with Crippen molar-refractivity contribution in [1.82, 2.24) is 25.1 Å². The van der Waals surface area contributed by atoms with Crippen molar-refractivity contribution in [2.24, 2.45) is 5.10 Å². The highest BCUT2D eigenvalue weighted by Crippen LogP contribution is 2.21. The van der Waals surface area contributed by atoms with Gasteiger partial charge in [-0.25, -0.2) is 4.68 Å². The number of nitrogens with zero attached hydrogens (tertiary/aromatic N) is 4. The first-order valence-corrected chi connectivity index (χ1v) is 8.65. The van der Waals surface area contributed by atoms with Crippen LogP contribution in [0.15, 0.2) is 23.4 Å². The third-order valence-corrected chi connectivity index (χ3v) is 4.04. The Kier molecular flexibility index (Phi) is 6.72. The van der Waals surface area contributed by atoms with Crippen LogP contribution in [0, 0.1) is 13.8 Å². The Hall–Kier alpha value is -2.19. The zero-order chi connectivity index (χ0) is 18.4. The lowest BCUT2D eigenvalue weighted by Gasteiger charge is -2.15. The highest BCUT2D eigenvalue weighted by molar-refractivity contribution is 7.80. The molecule has 0 bridgehead atoms. The maximum Gasteiger partial charge on any atom is 0.187 e. The molecule has 0 saturated heterocycles. The van der Waals surface area contributed by atoms with Crippen LogP contribution in [0.3, 0.4) is 0 Å². The van der Waals surface area contributed by atoms with Crippen LogP contribution in [0.25, 0.3) is 5.82 Å². The highest BCUT2D eigenvalue weighted by Gasteiger charge is 2.14. The highest BCUT2D eigenvalue weighted by atomic mass is 32.1. The van der Waals surface area contributed by atoms with Crippen LogP contribution >= 0.6 is 12.2 Å². The molecule has 0 aliphatic rings. The molecule has 0 aliphatic heterocycles. The SMILES string of the molecule is COCCNC(=S)N/N=C\c1cc(C)n(-c2ccnn2C(C)C)c1C. The zero-order valence-electron chi connectivity index (χ0n) is 15.4. The number of hydrogen-bond acceptors (Lipinski definition) is 4. The summed E-state index contributed by atoms with van der Waals surface area (Å²) in [5.41, 5.74) is 6.07. The lowest BCUT2D eigenvalue weighted by atomic mass is 10.3. The number of aryl methyl sites for hydroxylation is 1. The van der Waals surface area contributed by atoms with Crippen molar-refractivity contribution >= 4 is 23.5 Å². The molecule has 2 rings (SSSR count). The second-order valence-electron chi connectivity index (χ2n) is 6.01. The maximum absolute atomic E-state index is 5.15. The molecule has 0 saturated carbocycles. The molecule has 2 N–H and O–H groups in total. The molecule has 25 heavy (non-hydrogen) atoms. The van der Waals surface area contributed by atoms with E-state index in [1.807, 2.05) is 16.9 Å². The molecule has 0 aliphatic carbocycles. The van der Waals surface area contributed by atoms with Gasteiger partial charge in [-0.15, -0.1) is 0 Å². The molecule has 8 heteroatoms. The summed E-state index contributed by atoms with van der Waals surface area (Å²) in [6.45, 7) is 9.62. The molecular weight excluding hydrogens is 336 g/mol. The molecule has 0 fully saturated rings. The summed E-state index contributed by atoms with van der Waals surface area (Å²) < 4.78 is 9.15. The van der Waals surface area contributed by atoms with Crippen molar-refractivity contribution in [2.45, 2.75) is 33.7 Å². The first-order chi connectivity index (χ1) is 12.0. The third kappa shape index (κ3) is 4.67. The number of nitrogens with one attached hydrogen (secondary N) is 2. The van der Waals surface area contributed by atoms with Gasteiger partial charge in [-0.05, 0) is 46.0 Å². The largest absolute Gasteiger partial charge is 0.383 e. The maximum atomic E-state index is 5.15. The fourth-order valence-corrected chi connectivity index (χ4v) is 2.77. The van der Waals surface area contributed by atoms with E-state index in [-0.39, 0.29) is 0 Å². The van der Waals surface area contributed by atoms with Gasteiger partial charge in [0.2, 0.25) is 0 Å². The summed E-state index contributed by atoms with van der Waals surface area (Å²) in [6, 6.07) is 4.41. The summed E-state index contributed by atoms with van der Waals surface area (Å²) in [7, 11) is 1.65. The summed E-state index contributed by atoms with van der Waals surface area (Å²) in [4.78, 5) is 0. The van der Waals surface area contributed by atoms with Crippen LogP contribution in [0.1, 0.15) is 36.8 Å². The van der Waals surface area contributed by atoms with Gasteiger partial charge in [0.1, 0.15) is 5.82 Å². The van der Waals surface area contributed by atoms with E-state index >= 15 is 0 Å². The number of hydrogen-bond donors (Lipinski definition) is 2. The predicted octanol–water partition coefficient (Wildman–Crippen LogP) is 2.32. The van der Waals surface area contributed by atoms with E-state index in [0.29, 0.717) is 24.3 Å². The summed E-state index contributed by atoms with van der Waals surface area (Å²) in [6.07, 6.45) is 3.60. The minimum Gasteiger partial charge on any atom is -0.383 e. The van der Waals surface area contributed by atoms with E-state index in [1.54, 1.807) is 13.3 Å². The number of ether oxygens (including phenoxy) is 1. The molecule has 136 valence electrons. The molecule has 2 aromatic rings. The monoisotopic (exact) mass is 362 g/mol. The van der Waals surface area contributed by atoms with Gasteiger partial charge in [0.05, 0.1) is 19.0 Å². The van der Waals surface area contributed by atoms with Crippen LogP contribution in [0.5, 0.6) is 0 Å². The average molecular weight is 363 g/mol. The first-order valence-electron chi connectivity index (χ1n) is 8.24. The zero-order valence-corrected chi connectivity index (χ0v) is 16.2. The van der Waals surface area contributed by atoms with Gasteiger partial charge in [-0.2, -0.15) is 10.2 Å². The third-order valence-electron chi connectivity index (χ3n) is 3.80. The topological polar surface area (TPSA) is 68.4 Å². The van der Waals surface area contributed by atoms with Gasteiger partial charge in [-0.1, -0.05) is 0 Å². The van der Waals surface area contributed by atoms with E-state index in [0.717, 1.165) is 22.8 Å². The number of thiocarbonyl (C=S) groups is 1. The van der Waals surface area contributed by atoms with Gasteiger partial charge in [0.15, 0.2) is 5.11 Å². The fraction of sp³-hybridized carbons (Fsp3) is 0.471. The predicted molar refractivity (Wildman–Crippen MR) is 105 cm³/mol. The van der Waals surface area contributed by atoms with E-state index in [1.165, 1.54) is 0 Å². The molecule has 0 spiro atoms. The van der Waals surface area contributed by atoms with Crippen LogP contribution in [-0.4, -0.2) is 45.9 Å². The van der Waals surface area contributed by atoms with Crippen LogP contribution in [0.4, 0.5) is 0 Å². The average Bonchev–Trinajstić information content (AvgIpc) is 3.13. The number of methoxy groups -OCH3 is 1. The number of rotatable bonds is 7. The van der Waals surface area contributed by atoms with Crippen LogP contribution in [-0.2, 0) is 4.74 Å². The van der Waals surface area contributed by atoms with Gasteiger partial charge in [0, 0.05) is 42.7 Å². The second kappa shape index (κ2) is 8.77. The second-order valence-corrected chi connectivity index (χ2v) is 6.42. The normalized spacial score (nSPS) is 11.4. The minimum atomic E-state index is 0.292. The molecule has 7 nitrogen and oxygen atoms in total. The lowest BCUT2D eigenvalue weighted by molar-refractivity contribution is 0.204. The molecular formula is C17H26N6OS. The van der Waals surface area contributed by atoms with Crippen molar-refractivity contribution in [3.8, 4) is 5.82 Å². The van der Waals surface area contributed by atoms with Crippen molar-refractivity contribution in [3.05, 3.63) is 35.3 Å². The minimum absolute atomic E-state index is 0.292. The van der Waals surface area contributed by atoms with Gasteiger partial charge in [0.25, 0.3) is 0 Å². The Morgan fingerprint density at radius 1 is 1.44 bits per heavy atom. The summed E-state index contributed by atoms with van der Waals surface area (Å²) >= 11 is 5.15. The van der Waals surface area contributed by atoms with Gasteiger partial charge >= 0.3 is 0 Å². The summed E-state index contributed by atoms with van der Waals surface area (Å²) in [5, 5.41) is 12.1. The Labute approximate surface area is 154 Å². The van der Waals surface area contributed by atoms with Crippen LogP contribution < -0.4 is 10.7 Å². The standard InChI is InChI=1S/C17H26N6OS/c1-12(2)23-16(6-7-20-23)22-13(3)10-15(14(22)4)11-19-21-17(25)18-8-9-24-5/h6-7,10-12H,8-9H2,1-5H3,(H2,18,21,25)/b19-11-. The Bertz CT molecular complexity index is 746. The Balaban J connectivity index is 2.13. The molecule has 0 unspecified atom stereocenters. The van der Waals surface area contributed by atoms with Gasteiger partial charge in [-0.3, -0.25) is 5.43 Å². The Morgan fingerprint density at radius 2 is 2.20 bits per heavy atom. The quantitative estimate of drug-likeness (QED) is 0.342.